The Labute approximate surface area is 234 Å². The summed E-state index contributed by atoms with van der Waals surface area (Å²) in [6.45, 7) is 14.5. The molecule has 1 fully saturated rings. The lowest BCUT2D eigenvalue weighted by Crippen LogP contribution is -2.31. The molecular weight excluding hydrogens is 519 g/mol. The molecule has 3 rings (SSSR count). The first-order valence-corrected chi connectivity index (χ1v) is 15.4. The molecule has 0 bridgehead atoms. The largest absolute Gasteiger partial charge is 0.773 e. The summed E-state index contributed by atoms with van der Waals surface area (Å²) in [5.74, 6) is 0.721. The number of hydrogen-bond acceptors (Lipinski definition) is 6. The zero-order valence-electron chi connectivity index (χ0n) is 23.7. The summed E-state index contributed by atoms with van der Waals surface area (Å²) in [5, 5.41) is 7.73. The number of amidine groups is 1. The average molecular weight is 562 g/mol. The lowest BCUT2D eigenvalue weighted by atomic mass is 9.98. The van der Waals surface area contributed by atoms with Gasteiger partial charge < -0.3 is 15.2 Å². The highest BCUT2D eigenvalue weighted by molar-refractivity contribution is 7.78. The van der Waals surface area contributed by atoms with Gasteiger partial charge in [-0.2, -0.15) is 0 Å². The van der Waals surface area contributed by atoms with Crippen molar-refractivity contribution in [3.63, 3.8) is 0 Å². The number of aliphatic imine (C=N–C) groups is 1. The predicted octanol–water partition coefficient (Wildman–Crippen LogP) is 6.51. The number of piperidine rings is 1. The van der Waals surface area contributed by atoms with Gasteiger partial charge in [-0.15, -0.1) is 11.3 Å². The quantitative estimate of drug-likeness (QED) is 0.174. The molecular formula is C29H42FN4O2S2-. The zero-order valence-corrected chi connectivity index (χ0v) is 25.3. The molecule has 0 spiro atoms. The van der Waals surface area contributed by atoms with Gasteiger partial charge in [-0.05, 0) is 75.7 Å². The molecule has 0 saturated carbocycles. The van der Waals surface area contributed by atoms with Crippen molar-refractivity contribution < 1.29 is 13.2 Å². The van der Waals surface area contributed by atoms with Gasteiger partial charge in [0.2, 0.25) is 0 Å². The van der Waals surface area contributed by atoms with Gasteiger partial charge in [-0.25, -0.2) is 9.37 Å². The monoisotopic (exact) mass is 561 g/mol. The summed E-state index contributed by atoms with van der Waals surface area (Å²) in [6.07, 6.45) is 11.5. The number of allylic oxidation sites excluding steroid dienone is 3. The Bertz CT molecular complexity index is 1160. The van der Waals surface area contributed by atoms with E-state index < -0.39 is 11.1 Å². The number of rotatable bonds is 7. The Hall–Kier alpha value is -2.20. The van der Waals surface area contributed by atoms with Crippen LogP contribution in [0.3, 0.4) is 0 Å². The van der Waals surface area contributed by atoms with Crippen LogP contribution in [-0.2, 0) is 16.5 Å². The van der Waals surface area contributed by atoms with E-state index in [1.54, 1.807) is 24.3 Å². The van der Waals surface area contributed by atoms with E-state index in [1.165, 1.54) is 0 Å². The molecule has 1 unspecified atom stereocenters. The highest BCUT2D eigenvalue weighted by Gasteiger charge is 2.25. The third-order valence-corrected chi connectivity index (χ3v) is 7.40. The molecule has 0 radical (unpaired) electrons. The summed E-state index contributed by atoms with van der Waals surface area (Å²) in [7, 11) is 0. The van der Waals surface area contributed by atoms with Gasteiger partial charge in [0.05, 0.1) is 27.5 Å². The van der Waals surface area contributed by atoms with Crippen molar-refractivity contribution in [2.24, 2.45) is 4.99 Å². The van der Waals surface area contributed by atoms with E-state index in [2.05, 4.69) is 50.5 Å². The lowest BCUT2D eigenvalue weighted by molar-refractivity contribution is 0.459. The van der Waals surface area contributed by atoms with Crippen molar-refractivity contribution in [3.8, 4) is 11.3 Å². The van der Waals surface area contributed by atoms with E-state index in [0.29, 0.717) is 17.2 Å². The van der Waals surface area contributed by atoms with Crippen LogP contribution in [0.15, 0.2) is 41.5 Å². The molecule has 0 aliphatic carbocycles. The van der Waals surface area contributed by atoms with Gasteiger partial charge in [-0.3, -0.25) is 9.20 Å². The van der Waals surface area contributed by atoms with E-state index in [0.717, 1.165) is 72.0 Å². The van der Waals surface area contributed by atoms with Crippen molar-refractivity contribution >= 4 is 33.8 Å². The van der Waals surface area contributed by atoms with Crippen LogP contribution in [0.5, 0.6) is 0 Å². The Morgan fingerprint density at radius 1 is 1.34 bits per heavy atom. The number of hydrogen-bond donors (Lipinski definition) is 2. The molecule has 1 aromatic heterocycles. The Morgan fingerprint density at radius 3 is 2.61 bits per heavy atom. The third-order valence-electron chi connectivity index (χ3n) is 5.87. The SMILES string of the molecule is CCC/C=C(/C=C\NC(C)=NC1CCNCC1)c1sc(C(C)(C)C)nc1-c1cccc(C)c1F.CS(=O)[O-]. The maximum absolute atomic E-state index is 15.2. The molecule has 9 heteroatoms. The molecule has 1 saturated heterocycles. The second-order valence-corrected chi connectivity index (χ2v) is 12.2. The van der Waals surface area contributed by atoms with Gasteiger partial charge in [0, 0.05) is 17.2 Å². The van der Waals surface area contributed by atoms with Gasteiger partial charge in [0.25, 0.3) is 0 Å². The van der Waals surface area contributed by atoms with Crippen LogP contribution in [0.25, 0.3) is 16.8 Å². The molecule has 1 aliphatic rings. The van der Waals surface area contributed by atoms with E-state index in [9.17, 15) is 0 Å². The summed E-state index contributed by atoms with van der Waals surface area (Å²) in [6, 6.07) is 5.92. The molecule has 1 atom stereocenters. The molecule has 0 amide bonds. The first-order chi connectivity index (χ1) is 17.9. The normalized spacial score (nSPS) is 16.3. The molecule has 1 aromatic carbocycles. The fourth-order valence-electron chi connectivity index (χ4n) is 3.88. The number of nitrogens with one attached hydrogen (secondary N) is 2. The number of aromatic nitrogens is 1. The Kier molecular flexibility index (Phi) is 13.0. The summed E-state index contributed by atoms with van der Waals surface area (Å²) < 4.78 is 33.2. The second-order valence-electron chi connectivity index (χ2n) is 10.4. The van der Waals surface area contributed by atoms with Crippen molar-refractivity contribution in [2.75, 3.05) is 19.3 Å². The van der Waals surface area contributed by atoms with Crippen LogP contribution in [0.4, 0.5) is 4.39 Å². The molecule has 38 heavy (non-hydrogen) atoms. The van der Waals surface area contributed by atoms with E-state index in [1.807, 2.05) is 25.3 Å². The predicted molar refractivity (Wildman–Crippen MR) is 160 cm³/mol. The number of nitrogens with zero attached hydrogens (tertiary/aromatic N) is 2. The standard InChI is InChI=1S/C28H39FN4S.CH4O2S/c1-7-8-11-21(13-18-31-20(3)32-22-14-16-30-17-15-22)26-25(33-27(34-26)28(4,5)6)23-12-9-10-19(2)24(23)29;1-4(2)3/h9-13,18,22,30H,7-8,14-17H2,1-6H3,(H,31,32);1H3,(H,2,3)/p-1/b18-13-,21-11-;. The summed E-state index contributed by atoms with van der Waals surface area (Å²) in [5.41, 5.74) is 2.87. The Morgan fingerprint density at radius 2 is 2.00 bits per heavy atom. The minimum Gasteiger partial charge on any atom is -0.773 e. The zero-order chi connectivity index (χ0) is 28.3. The van der Waals surface area contributed by atoms with Crippen LogP contribution in [0, 0.1) is 12.7 Å². The van der Waals surface area contributed by atoms with Crippen LogP contribution < -0.4 is 10.6 Å². The number of thiazole rings is 1. The summed E-state index contributed by atoms with van der Waals surface area (Å²) in [4.78, 5) is 10.8. The number of halogens is 1. The highest BCUT2D eigenvalue weighted by atomic mass is 32.2. The van der Waals surface area contributed by atoms with Crippen molar-refractivity contribution in [1.82, 2.24) is 15.6 Å². The maximum atomic E-state index is 15.2. The van der Waals surface area contributed by atoms with Crippen molar-refractivity contribution in [2.45, 2.75) is 78.7 Å². The maximum Gasteiger partial charge on any atom is 0.135 e. The number of aryl methyl sites for hydroxylation is 1. The first-order valence-electron chi connectivity index (χ1n) is 13.1. The molecule has 1 aliphatic heterocycles. The van der Waals surface area contributed by atoms with Crippen molar-refractivity contribution in [3.05, 3.63) is 57.8 Å². The third kappa shape index (κ3) is 10.2. The highest BCUT2D eigenvalue weighted by Crippen LogP contribution is 2.40. The Balaban J connectivity index is 0.00000118. The van der Waals surface area contributed by atoms with Gasteiger partial charge in [0.1, 0.15) is 5.82 Å². The van der Waals surface area contributed by atoms with Crippen LogP contribution in [0.1, 0.15) is 75.8 Å². The molecule has 6 nitrogen and oxygen atoms in total. The summed E-state index contributed by atoms with van der Waals surface area (Å²) >= 11 is -0.202. The molecule has 2 N–H and O–H groups in total. The second kappa shape index (κ2) is 15.4. The van der Waals surface area contributed by atoms with E-state index in [-0.39, 0.29) is 11.2 Å². The fourth-order valence-corrected chi connectivity index (χ4v) is 5.04. The molecule has 210 valence electrons. The van der Waals surface area contributed by atoms with Gasteiger partial charge in [0.15, 0.2) is 0 Å². The smallest absolute Gasteiger partial charge is 0.135 e. The minimum absolute atomic E-state index is 0.117. The number of unbranched alkanes of at least 4 members (excludes halogenated alkanes) is 1. The lowest BCUT2D eigenvalue weighted by Gasteiger charge is -2.19. The first kappa shape index (κ1) is 32.0. The van der Waals surface area contributed by atoms with Gasteiger partial charge in [-0.1, -0.05) is 63.4 Å². The topological polar surface area (TPSA) is 89.4 Å². The fraction of sp³-hybridized carbons (Fsp3) is 0.517. The van der Waals surface area contributed by atoms with E-state index in [4.69, 9.17) is 18.7 Å². The van der Waals surface area contributed by atoms with Crippen LogP contribution >= 0.6 is 11.3 Å². The average Bonchev–Trinajstić information content (AvgIpc) is 3.29. The van der Waals surface area contributed by atoms with Gasteiger partial charge >= 0.3 is 0 Å². The minimum atomic E-state index is -1.86. The molecule has 2 aromatic rings. The van der Waals surface area contributed by atoms with Crippen LogP contribution in [-0.4, -0.2) is 45.0 Å². The molecule has 2 heterocycles. The number of benzene rings is 1. The van der Waals surface area contributed by atoms with Crippen molar-refractivity contribution in [1.29, 1.82) is 0 Å². The van der Waals surface area contributed by atoms with Crippen LogP contribution in [0.2, 0.25) is 0 Å². The van der Waals surface area contributed by atoms with E-state index >= 15 is 4.39 Å².